The molecule has 0 aromatic heterocycles. The standard InChI is InChI=1S/C15H14BrN3O/c1-18-9-15(20)19(12-5-3-11(17)4-6-12)14-8-10(16)2-7-13(14)18/h2-8H,9,17H2,1H3. The predicted octanol–water partition coefficient (Wildman–Crippen LogP) is 3.15. The van der Waals surface area contributed by atoms with Crippen LogP contribution in [0.3, 0.4) is 0 Å². The van der Waals surface area contributed by atoms with Crippen LogP contribution in [0.2, 0.25) is 0 Å². The second kappa shape index (κ2) is 4.83. The van der Waals surface area contributed by atoms with E-state index in [4.69, 9.17) is 5.73 Å². The number of halogens is 1. The maximum absolute atomic E-state index is 12.4. The molecule has 20 heavy (non-hydrogen) atoms. The van der Waals surface area contributed by atoms with Crippen LogP contribution in [0.25, 0.3) is 0 Å². The number of likely N-dealkylation sites (N-methyl/N-ethyl adjacent to an activating group) is 1. The van der Waals surface area contributed by atoms with E-state index >= 15 is 0 Å². The minimum atomic E-state index is 0.0443. The number of benzene rings is 2. The van der Waals surface area contributed by atoms with Crippen molar-refractivity contribution in [1.82, 2.24) is 0 Å². The van der Waals surface area contributed by atoms with Crippen LogP contribution in [-0.4, -0.2) is 19.5 Å². The number of fused-ring (bicyclic) bond motifs is 1. The molecule has 0 saturated carbocycles. The van der Waals surface area contributed by atoms with E-state index in [9.17, 15) is 4.79 Å². The van der Waals surface area contributed by atoms with Gasteiger partial charge in [0.25, 0.3) is 5.91 Å². The van der Waals surface area contributed by atoms with Gasteiger partial charge in [-0.15, -0.1) is 0 Å². The molecule has 1 heterocycles. The zero-order valence-electron chi connectivity index (χ0n) is 11.0. The van der Waals surface area contributed by atoms with Crippen molar-refractivity contribution in [3.8, 4) is 0 Å². The van der Waals surface area contributed by atoms with Gasteiger partial charge < -0.3 is 10.6 Å². The maximum Gasteiger partial charge on any atom is 0.251 e. The normalized spacial score (nSPS) is 14.4. The summed E-state index contributed by atoms with van der Waals surface area (Å²) >= 11 is 3.47. The van der Waals surface area contributed by atoms with Gasteiger partial charge in [0.1, 0.15) is 0 Å². The molecule has 5 heteroatoms. The largest absolute Gasteiger partial charge is 0.399 e. The third kappa shape index (κ3) is 2.14. The molecule has 0 radical (unpaired) electrons. The average Bonchev–Trinajstić information content (AvgIpc) is 2.40. The molecule has 0 bridgehead atoms. The molecule has 0 aliphatic carbocycles. The number of carbonyl (C=O) groups is 1. The number of anilines is 4. The fraction of sp³-hybridized carbons (Fsp3) is 0.133. The third-order valence-corrected chi connectivity index (χ3v) is 3.86. The van der Waals surface area contributed by atoms with E-state index in [2.05, 4.69) is 15.9 Å². The number of hydrogen-bond acceptors (Lipinski definition) is 3. The molecule has 3 rings (SSSR count). The average molecular weight is 332 g/mol. The highest BCUT2D eigenvalue weighted by atomic mass is 79.9. The van der Waals surface area contributed by atoms with Crippen molar-refractivity contribution < 1.29 is 4.79 Å². The van der Waals surface area contributed by atoms with E-state index in [0.717, 1.165) is 21.5 Å². The van der Waals surface area contributed by atoms with Gasteiger partial charge in [0.2, 0.25) is 0 Å². The molecule has 102 valence electrons. The molecule has 0 spiro atoms. The number of carbonyl (C=O) groups excluding carboxylic acids is 1. The van der Waals surface area contributed by atoms with Crippen LogP contribution in [0.1, 0.15) is 0 Å². The predicted molar refractivity (Wildman–Crippen MR) is 85.4 cm³/mol. The Balaban J connectivity index is 2.15. The van der Waals surface area contributed by atoms with Gasteiger partial charge in [0.15, 0.2) is 0 Å². The van der Waals surface area contributed by atoms with Crippen molar-refractivity contribution in [2.24, 2.45) is 0 Å². The van der Waals surface area contributed by atoms with E-state index in [-0.39, 0.29) is 5.91 Å². The first kappa shape index (κ1) is 13.0. The smallest absolute Gasteiger partial charge is 0.251 e. The molecule has 1 amide bonds. The minimum absolute atomic E-state index is 0.0443. The molecule has 0 unspecified atom stereocenters. The molecule has 2 aromatic rings. The molecule has 2 aromatic carbocycles. The Hall–Kier alpha value is -2.01. The molecule has 0 fully saturated rings. The molecule has 4 nitrogen and oxygen atoms in total. The highest BCUT2D eigenvalue weighted by Crippen LogP contribution is 2.39. The van der Waals surface area contributed by atoms with Gasteiger partial charge >= 0.3 is 0 Å². The van der Waals surface area contributed by atoms with Crippen LogP contribution in [0.5, 0.6) is 0 Å². The lowest BCUT2D eigenvalue weighted by Crippen LogP contribution is -2.41. The van der Waals surface area contributed by atoms with Crippen molar-refractivity contribution in [3.05, 3.63) is 46.9 Å². The topological polar surface area (TPSA) is 49.6 Å². The first-order valence-corrected chi connectivity index (χ1v) is 7.05. The van der Waals surface area contributed by atoms with Crippen LogP contribution >= 0.6 is 15.9 Å². The molecule has 1 aliphatic rings. The Morgan fingerprint density at radius 3 is 2.50 bits per heavy atom. The summed E-state index contributed by atoms with van der Waals surface area (Å²) < 4.78 is 0.944. The second-order valence-corrected chi connectivity index (χ2v) is 5.73. The first-order valence-electron chi connectivity index (χ1n) is 6.25. The zero-order chi connectivity index (χ0) is 14.3. The van der Waals surface area contributed by atoms with Crippen LogP contribution < -0.4 is 15.5 Å². The van der Waals surface area contributed by atoms with Crippen LogP contribution in [0, 0.1) is 0 Å². The van der Waals surface area contributed by atoms with Gasteiger partial charge in [-0.3, -0.25) is 9.69 Å². The van der Waals surface area contributed by atoms with Gasteiger partial charge in [-0.05, 0) is 42.5 Å². The molecular formula is C15H14BrN3O. The quantitative estimate of drug-likeness (QED) is 0.816. The summed E-state index contributed by atoms with van der Waals surface area (Å²) in [4.78, 5) is 16.1. The van der Waals surface area contributed by atoms with E-state index in [0.29, 0.717) is 12.2 Å². The number of nitrogens with two attached hydrogens (primary N) is 1. The summed E-state index contributed by atoms with van der Waals surface area (Å²) in [5.41, 5.74) is 9.14. The van der Waals surface area contributed by atoms with Gasteiger partial charge in [-0.2, -0.15) is 0 Å². The lowest BCUT2D eigenvalue weighted by Gasteiger charge is -2.35. The number of nitrogens with zero attached hydrogens (tertiary/aromatic N) is 2. The van der Waals surface area contributed by atoms with E-state index in [1.165, 1.54) is 0 Å². The van der Waals surface area contributed by atoms with Crippen molar-refractivity contribution in [2.75, 3.05) is 29.1 Å². The SMILES string of the molecule is CN1CC(=O)N(c2ccc(N)cc2)c2cc(Br)ccc21. The fourth-order valence-corrected chi connectivity index (χ4v) is 2.75. The fourth-order valence-electron chi connectivity index (χ4n) is 2.40. The zero-order valence-corrected chi connectivity index (χ0v) is 12.6. The molecule has 0 atom stereocenters. The lowest BCUT2D eigenvalue weighted by molar-refractivity contribution is -0.116. The number of hydrogen-bond donors (Lipinski definition) is 1. The van der Waals surface area contributed by atoms with E-state index in [1.54, 1.807) is 17.0 Å². The van der Waals surface area contributed by atoms with E-state index in [1.807, 2.05) is 42.3 Å². The highest BCUT2D eigenvalue weighted by molar-refractivity contribution is 9.10. The van der Waals surface area contributed by atoms with Crippen LogP contribution in [-0.2, 0) is 4.79 Å². The Kier molecular flexibility index (Phi) is 3.14. The van der Waals surface area contributed by atoms with Crippen LogP contribution in [0.15, 0.2) is 46.9 Å². The van der Waals surface area contributed by atoms with Crippen molar-refractivity contribution in [3.63, 3.8) is 0 Å². The molecule has 1 aliphatic heterocycles. The summed E-state index contributed by atoms with van der Waals surface area (Å²) in [5, 5.41) is 0. The number of nitrogen functional groups attached to an aromatic ring is 1. The minimum Gasteiger partial charge on any atom is -0.399 e. The second-order valence-electron chi connectivity index (χ2n) is 4.81. The Morgan fingerprint density at radius 2 is 1.80 bits per heavy atom. The lowest BCUT2D eigenvalue weighted by atomic mass is 10.1. The summed E-state index contributed by atoms with van der Waals surface area (Å²) in [5.74, 6) is 0.0443. The number of rotatable bonds is 1. The molecule has 0 saturated heterocycles. The Bertz CT molecular complexity index is 669. The molecule has 2 N–H and O–H groups in total. The van der Waals surface area contributed by atoms with Crippen molar-refractivity contribution in [1.29, 1.82) is 0 Å². The van der Waals surface area contributed by atoms with Gasteiger partial charge in [0.05, 0.1) is 17.9 Å². The molecular weight excluding hydrogens is 318 g/mol. The van der Waals surface area contributed by atoms with Gasteiger partial charge in [-0.25, -0.2) is 0 Å². The third-order valence-electron chi connectivity index (χ3n) is 3.36. The summed E-state index contributed by atoms with van der Waals surface area (Å²) in [6, 6.07) is 13.3. The van der Waals surface area contributed by atoms with Crippen molar-refractivity contribution in [2.45, 2.75) is 0 Å². The Labute approximate surface area is 125 Å². The number of amides is 1. The van der Waals surface area contributed by atoms with Crippen molar-refractivity contribution >= 4 is 44.6 Å². The highest BCUT2D eigenvalue weighted by Gasteiger charge is 2.28. The van der Waals surface area contributed by atoms with Gasteiger partial charge in [-0.1, -0.05) is 15.9 Å². The summed E-state index contributed by atoms with van der Waals surface area (Å²) in [6.07, 6.45) is 0. The summed E-state index contributed by atoms with van der Waals surface area (Å²) in [6.45, 7) is 0.360. The monoisotopic (exact) mass is 331 g/mol. The summed E-state index contributed by atoms with van der Waals surface area (Å²) in [7, 11) is 1.92. The Morgan fingerprint density at radius 1 is 1.10 bits per heavy atom. The van der Waals surface area contributed by atoms with E-state index < -0.39 is 0 Å². The first-order chi connectivity index (χ1) is 9.56. The van der Waals surface area contributed by atoms with Crippen LogP contribution in [0.4, 0.5) is 22.7 Å². The maximum atomic E-state index is 12.4. The van der Waals surface area contributed by atoms with Gasteiger partial charge in [0, 0.05) is 22.9 Å².